The summed E-state index contributed by atoms with van der Waals surface area (Å²) in [5.41, 5.74) is 0.678. The molecule has 0 aliphatic heterocycles. The number of benzene rings is 2. The number of methoxy groups -OCH3 is 2. The van der Waals surface area contributed by atoms with Gasteiger partial charge in [0.25, 0.3) is 0 Å². The fourth-order valence-corrected chi connectivity index (χ4v) is 3.40. The Morgan fingerprint density at radius 2 is 1.96 bits per heavy atom. The molecule has 0 aliphatic rings. The quantitative estimate of drug-likeness (QED) is 0.580. The Hall–Kier alpha value is -3.00. The molecule has 1 unspecified atom stereocenters. The Labute approximate surface area is 167 Å². The van der Waals surface area contributed by atoms with E-state index >= 15 is 0 Å². The second kappa shape index (κ2) is 9.27. The lowest BCUT2D eigenvalue weighted by molar-refractivity contribution is -0.120. The van der Waals surface area contributed by atoms with E-state index in [1.54, 1.807) is 32.4 Å². The van der Waals surface area contributed by atoms with Crippen LogP contribution in [0.15, 0.2) is 57.9 Å². The zero-order valence-electron chi connectivity index (χ0n) is 15.8. The zero-order chi connectivity index (χ0) is 19.9. The van der Waals surface area contributed by atoms with Crippen molar-refractivity contribution in [2.45, 2.75) is 23.6 Å². The molecule has 0 bridgehead atoms. The fraction of sp³-hybridized carbons (Fsp3) is 0.250. The summed E-state index contributed by atoms with van der Waals surface area (Å²) < 4.78 is 15.8. The monoisotopic (exact) mass is 399 g/mol. The minimum atomic E-state index is -0.244. The molecule has 0 saturated heterocycles. The smallest absolute Gasteiger partial charge is 0.246 e. The molecule has 7 nitrogen and oxygen atoms in total. The maximum atomic E-state index is 12.3. The van der Waals surface area contributed by atoms with Crippen molar-refractivity contribution < 1.29 is 18.8 Å². The van der Waals surface area contributed by atoms with Gasteiger partial charge in [-0.25, -0.2) is 0 Å². The van der Waals surface area contributed by atoms with E-state index in [2.05, 4.69) is 15.5 Å². The first-order valence-electron chi connectivity index (χ1n) is 8.65. The third-order valence-corrected chi connectivity index (χ3v) is 5.07. The number of hydrogen-bond acceptors (Lipinski definition) is 7. The van der Waals surface area contributed by atoms with E-state index in [0.29, 0.717) is 28.8 Å². The summed E-state index contributed by atoms with van der Waals surface area (Å²) in [6, 6.07) is 15.1. The highest BCUT2D eigenvalue weighted by Crippen LogP contribution is 2.31. The molecule has 0 radical (unpaired) electrons. The van der Waals surface area contributed by atoms with Gasteiger partial charge in [-0.1, -0.05) is 23.4 Å². The predicted molar refractivity (Wildman–Crippen MR) is 106 cm³/mol. The van der Waals surface area contributed by atoms with Gasteiger partial charge >= 0.3 is 0 Å². The predicted octanol–water partition coefficient (Wildman–Crippen LogP) is 3.55. The number of amides is 1. The third kappa shape index (κ3) is 4.83. The first-order chi connectivity index (χ1) is 13.6. The first kappa shape index (κ1) is 19.8. The highest BCUT2D eigenvalue weighted by molar-refractivity contribution is 8.00. The largest absolute Gasteiger partial charge is 0.497 e. The molecule has 1 N–H and O–H groups in total. The average Bonchev–Trinajstić information content (AvgIpc) is 3.21. The number of nitrogens with one attached hydrogen (secondary N) is 1. The molecule has 2 aromatic carbocycles. The molecule has 1 aromatic heterocycles. The summed E-state index contributed by atoms with van der Waals surface area (Å²) in [5.74, 6) is 1.84. The lowest BCUT2D eigenvalue weighted by atomic mass is 10.2. The SMILES string of the molecule is COc1ccc(-c2noc(CNC(=O)C(C)Sc3ccccc3)n2)c(OC)c1. The standard InChI is InChI=1S/C20H21N3O4S/c1-13(28-15-7-5-4-6-8-15)20(24)21-12-18-22-19(23-27-18)16-10-9-14(25-2)11-17(16)26-3/h4-11,13H,12H2,1-3H3,(H,21,24). The van der Waals surface area contributed by atoms with Gasteiger partial charge in [0.1, 0.15) is 11.5 Å². The molecule has 28 heavy (non-hydrogen) atoms. The topological polar surface area (TPSA) is 86.5 Å². The van der Waals surface area contributed by atoms with E-state index in [1.165, 1.54) is 11.8 Å². The summed E-state index contributed by atoms with van der Waals surface area (Å²) in [5, 5.41) is 6.56. The zero-order valence-corrected chi connectivity index (χ0v) is 16.7. The summed E-state index contributed by atoms with van der Waals surface area (Å²) in [7, 11) is 3.14. The van der Waals surface area contributed by atoms with Gasteiger partial charge in [-0.2, -0.15) is 4.98 Å². The van der Waals surface area contributed by atoms with Gasteiger partial charge in [0.15, 0.2) is 0 Å². The highest BCUT2D eigenvalue weighted by atomic mass is 32.2. The Morgan fingerprint density at radius 1 is 1.18 bits per heavy atom. The molecule has 0 saturated carbocycles. The van der Waals surface area contributed by atoms with Crippen LogP contribution in [0.2, 0.25) is 0 Å². The Kier molecular flexibility index (Phi) is 6.54. The normalized spacial score (nSPS) is 11.7. The molecular weight excluding hydrogens is 378 g/mol. The maximum absolute atomic E-state index is 12.3. The number of aromatic nitrogens is 2. The van der Waals surface area contributed by atoms with E-state index in [1.807, 2.05) is 37.3 Å². The molecule has 1 heterocycles. The average molecular weight is 399 g/mol. The van der Waals surface area contributed by atoms with E-state index < -0.39 is 0 Å². The van der Waals surface area contributed by atoms with Gasteiger partial charge in [-0.15, -0.1) is 11.8 Å². The van der Waals surface area contributed by atoms with Crippen LogP contribution < -0.4 is 14.8 Å². The van der Waals surface area contributed by atoms with E-state index in [4.69, 9.17) is 14.0 Å². The third-order valence-electron chi connectivity index (χ3n) is 3.96. The lowest BCUT2D eigenvalue weighted by Crippen LogP contribution is -2.30. The Morgan fingerprint density at radius 3 is 2.68 bits per heavy atom. The van der Waals surface area contributed by atoms with Crippen LogP contribution in [0.3, 0.4) is 0 Å². The molecule has 3 aromatic rings. The molecule has 0 spiro atoms. The van der Waals surface area contributed by atoms with Crippen LogP contribution in [0.4, 0.5) is 0 Å². The summed E-state index contributed by atoms with van der Waals surface area (Å²) in [4.78, 5) is 17.7. The van der Waals surface area contributed by atoms with Crippen molar-refractivity contribution in [1.82, 2.24) is 15.5 Å². The number of carbonyl (C=O) groups is 1. The molecular formula is C20H21N3O4S. The van der Waals surface area contributed by atoms with Gasteiger partial charge in [-0.05, 0) is 31.2 Å². The summed E-state index contributed by atoms with van der Waals surface area (Å²) >= 11 is 1.49. The Balaban J connectivity index is 1.61. The molecule has 1 atom stereocenters. The van der Waals surface area contributed by atoms with Crippen molar-refractivity contribution in [3.8, 4) is 22.9 Å². The summed E-state index contributed by atoms with van der Waals surface area (Å²) in [6.45, 7) is 2.01. The molecule has 8 heteroatoms. The van der Waals surface area contributed by atoms with Crippen LogP contribution in [0, 0.1) is 0 Å². The van der Waals surface area contributed by atoms with Gasteiger partial charge in [0.05, 0.1) is 31.6 Å². The van der Waals surface area contributed by atoms with Crippen LogP contribution in [0.25, 0.3) is 11.4 Å². The van der Waals surface area contributed by atoms with E-state index in [-0.39, 0.29) is 17.7 Å². The molecule has 3 rings (SSSR count). The second-order valence-corrected chi connectivity index (χ2v) is 7.28. The lowest BCUT2D eigenvalue weighted by Gasteiger charge is -2.10. The Bertz CT molecular complexity index is 930. The minimum absolute atomic E-state index is 0.101. The molecule has 146 valence electrons. The van der Waals surface area contributed by atoms with Gasteiger partial charge in [-0.3, -0.25) is 4.79 Å². The molecule has 1 amide bonds. The van der Waals surface area contributed by atoms with Crippen molar-refractivity contribution in [3.63, 3.8) is 0 Å². The van der Waals surface area contributed by atoms with Crippen molar-refractivity contribution in [1.29, 1.82) is 0 Å². The second-order valence-electron chi connectivity index (χ2n) is 5.87. The number of rotatable bonds is 8. The number of carbonyl (C=O) groups excluding carboxylic acids is 1. The van der Waals surface area contributed by atoms with Crippen molar-refractivity contribution in [2.24, 2.45) is 0 Å². The van der Waals surface area contributed by atoms with Crippen LogP contribution in [-0.4, -0.2) is 35.5 Å². The number of thioether (sulfide) groups is 1. The minimum Gasteiger partial charge on any atom is -0.497 e. The van der Waals surface area contributed by atoms with E-state index in [9.17, 15) is 4.79 Å². The molecule has 0 fully saturated rings. The van der Waals surface area contributed by atoms with Gasteiger partial charge < -0.3 is 19.3 Å². The molecule has 0 aliphatic carbocycles. The number of ether oxygens (including phenoxy) is 2. The fourth-order valence-electron chi connectivity index (χ4n) is 2.48. The van der Waals surface area contributed by atoms with Gasteiger partial charge in [0.2, 0.25) is 17.6 Å². The van der Waals surface area contributed by atoms with Crippen molar-refractivity contribution in [2.75, 3.05) is 14.2 Å². The highest BCUT2D eigenvalue weighted by Gasteiger charge is 2.17. The van der Waals surface area contributed by atoms with Crippen LogP contribution >= 0.6 is 11.8 Å². The van der Waals surface area contributed by atoms with Crippen LogP contribution in [-0.2, 0) is 11.3 Å². The van der Waals surface area contributed by atoms with Gasteiger partial charge in [0, 0.05) is 11.0 Å². The van der Waals surface area contributed by atoms with Crippen LogP contribution in [0.1, 0.15) is 12.8 Å². The summed E-state index contributed by atoms with van der Waals surface area (Å²) in [6.07, 6.45) is 0. The maximum Gasteiger partial charge on any atom is 0.246 e. The number of hydrogen-bond donors (Lipinski definition) is 1. The van der Waals surface area contributed by atoms with Crippen molar-refractivity contribution in [3.05, 3.63) is 54.4 Å². The first-order valence-corrected chi connectivity index (χ1v) is 9.53. The van der Waals surface area contributed by atoms with Crippen molar-refractivity contribution >= 4 is 17.7 Å². The number of nitrogens with zero attached hydrogens (tertiary/aromatic N) is 2. The van der Waals surface area contributed by atoms with E-state index in [0.717, 1.165) is 4.90 Å². The van der Waals surface area contributed by atoms with Crippen LogP contribution in [0.5, 0.6) is 11.5 Å².